The van der Waals surface area contributed by atoms with Crippen LogP contribution in [0.15, 0.2) is 12.1 Å². The van der Waals surface area contributed by atoms with E-state index < -0.39 is 22.6 Å². The van der Waals surface area contributed by atoms with Gasteiger partial charge in [-0.1, -0.05) is 0 Å². The average Bonchev–Trinajstić information content (AvgIpc) is 2.46. The van der Waals surface area contributed by atoms with E-state index in [-0.39, 0.29) is 24.7 Å². The third-order valence-electron chi connectivity index (χ3n) is 2.87. The summed E-state index contributed by atoms with van der Waals surface area (Å²) >= 11 is 0. The summed E-state index contributed by atoms with van der Waals surface area (Å²) in [6.07, 6.45) is 0. The van der Waals surface area contributed by atoms with Crippen molar-refractivity contribution < 1.29 is 19.6 Å². The zero-order valence-electron chi connectivity index (χ0n) is 10.2. The molecule has 2 rings (SSSR count). The van der Waals surface area contributed by atoms with Crippen LogP contribution in [0, 0.1) is 21.4 Å². The van der Waals surface area contributed by atoms with Crippen molar-refractivity contribution in [3.05, 3.63) is 27.9 Å². The molecule has 0 aliphatic carbocycles. The van der Waals surface area contributed by atoms with Crippen LogP contribution < -0.4 is 4.90 Å². The number of nitrogens with zero attached hydrogens (tertiary/aromatic N) is 4. The van der Waals surface area contributed by atoms with Gasteiger partial charge in [0, 0.05) is 12.6 Å². The Kier molecular flexibility index (Phi) is 3.76. The Labute approximate surface area is 113 Å². The van der Waals surface area contributed by atoms with Gasteiger partial charge >= 0.3 is 11.7 Å². The summed E-state index contributed by atoms with van der Waals surface area (Å²) in [5, 5.41) is 28.7. The van der Waals surface area contributed by atoms with E-state index in [2.05, 4.69) is 4.98 Å². The van der Waals surface area contributed by atoms with Gasteiger partial charge in [-0.2, -0.15) is 5.26 Å². The molecule has 9 nitrogen and oxygen atoms in total. The maximum atomic E-state index is 11.1. The molecule has 104 valence electrons. The Morgan fingerprint density at radius 3 is 3.00 bits per heavy atom. The lowest BCUT2D eigenvalue weighted by atomic mass is 10.2. The summed E-state index contributed by atoms with van der Waals surface area (Å²) in [5.41, 5.74) is -0.750. The Hall–Kier alpha value is -2.73. The molecule has 0 saturated carbocycles. The summed E-state index contributed by atoms with van der Waals surface area (Å²) in [5.74, 6) is -0.869. The maximum absolute atomic E-state index is 11.1. The van der Waals surface area contributed by atoms with Crippen LogP contribution in [0.4, 0.5) is 11.5 Å². The summed E-state index contributed by atoms with van der Waals surface area (Å²) in [7, 11) is 0. The van der Waals surface area contributed by atoms with E-state index in [1.807, 2.05) is 0 Å². The number of carboxylic acid groups (broad SMARTS) is 1. The zero-order valence-corrected chi connectivity index (χ0v) is 10.2. The Morgan fingerprint density at radius 1 is 1.65 bits per heavy atom. The third-order valence-corrected chi connectivity index (χ3v) is 2.87. The van der Waals surface area contributed by atoms with Crippen molar-refractivity contribution in [1.82, 2.24) is 4.98 Å². The van der Waals surface area contributed by atoms with Crippen LogP contribution in [0.25, 0.3) is 0 Å². The summed E-state index contributed by atoms with van der Waals surface area (Å²) < 4.78 is 5.09. The van der Waals surface area contributed by atoms with E-state index in [1.54, 1.807) is 6.07 Å². The Balaban J connectivity index is 2.39. The van der Waals surface area contributed by atoms with Crippen molar-refractivity contribution in [2.75, 3.05) is 24.7 Å². The first-order valence-electron chi connectivity index (χ1n) is 5.67. The van der Waals surface area contributed by atoms with Crippen molar-refractivity contribution in [1.29, 1.82) is 5.26 Å². The topological polar surface area (TPSA) is 130 Å². The van der Waals surface area contributed by atoms with Gasteiger partial charge in [-0.3, -0.25) is 10.1 Å². The van der Waals surface area contributed by atoms with Gasteiger partial charge in [0.25, 0.3) is 0 Å². The fraction of sp³-hybridized carbons (Fsp3) is 0.364. The monoisotopic (exact) mass is 278 g/mol. The second-order valence-electron chi connectivity index (χ2n) is 4.03. The van der Waals surface area contributed by atoms with Gasteiger partial charge in [0.05, 0.1) is 18.1 Å². The van der Waals surface area contributed by atoms with E-state index in [0.29, 0.717) is 6.61 Å². The highest BCUT2D eigenvalue weighted by Gasteiger charge is 2.31. The number of aliphatic carboxylic acids is 1. The molecule has 1 aromatic heterocycles. The second kappa shape index (κ2) is 5.50. The highest BCUT2D eigenvalue weighted by molar-refractivity contribution is 5.78. The molecule has 1 aliphatic rings. The van der Waals surface area contributed by atoms with Crippen LogP contribution in [0.5, 0.6) is 0 Å². The number of aromatic nitrogens is 1. The minimum absolute atomic E-state index is 0.00408. The number of hydrogen-bond acceptors (Lipinski definition) is 7. The minimum Gasteiger partial charge on any atom is -0.480 e. The molecule has 1 atom stereocenters. The zero-order chi connectivity index (χ0) is 14.7. The fourth-order valence-corrected chi connectivity index (χ4v) is 1.91. The number of carboxylic acids is 1. The quantitative estimate of drug-likeness (QED) is 0.610. The largest absolute Gasteiger partial charge is 0.480 e. The number of carbonyl (C=O) groups is 1. The number of rotatable bonds is 3. The van der Waals surface area contributed by atoms with Gasteiger partial charge in [0.2, 0.25) is 5.69 Å². The number of ether oxygens (including phenoxy) is 1. The van der Waals surface area contributed by atoms with E-state index in [4.69, 9.17) is 15.1 Å². The molecular weight excluding hydrogens is 268 g/mol. The normalized spacial score (nSPS) is 18.4. The lowest BCUT2D eigenvalue weighted by molar-refractivity contribution is -0.385. The van der Waals surface area contributed by atoms with Crippen LogP contribution in [0.3, 0.4) is 0 Å². The fourth-order valence-electron chi connectivity index (χ4n) is 1.91. The predicted molar refractivity (Wildman–Crippen MR) is 65.2 cm³/mol. The van der Waals surface area contributed by atoms with Gasteiger partial charge in [0.15, 0.2) is 6.04 Å². The number of pyridine rings is 1. The van der Waals surface area contributed by atoms with Crippen molar-refractivity contribution >= 4 is 17.5 Å². The number of anilines is 1. The Bertz CT molecular complexity index is 597. The molecule has 0 bridgehead atoms. The van der Waals surface area contributed by atoms with Crippen LogP contribution in [-0.2, 0) is 9.53 Å². The first-order valence-corrected chi connectivity index (χ1v) is 5.67. The molecule has 1 aliphatic heterocycles. The summed E-state index contributed by atoms with van der Waals surface area (Å²) in [4.78, 5) is 26.5. The molecule has 1 aromatic rings. The van der Waals surface area contributed by atoms with Crippen LogP contribution >= 0.6 is 0 Å². The molecule has 0 radical (unpaired) electrons. The van der Waals surface area contributed by atoms with Gasteiger partial charge in [0.1, 0.15) is 11.9 Å². The highest BCUT2D eigenvalue weighted by Crippen LogP contribution is 2.23. The molecule has 0 spiro atoms. The molecule has 1 N–H and O–H groups in total. The number of hydrogen-bond donors (Lipinski definition) is 1. The number of nitro groups is 1. The average molecular weight is 278 g/mol. The second-order valence-corrected chi connectivity index (χ2v) is 4.03. The first kappa shape index (κ1) is 13.7. The summed E-state index contributed by atoms with van der Waals surface area (Å²) in [6, 6.07) is 3.20. The smallest absolute Gasteiger partial charge is 0.328 e. The number of morpholine rings is 1. The molecule has 1 fully saturated rings. The first-order chi connectivity index (χ1) is 9.54. The van der Waals surface area contributed by atoms with Gasteiger partial charge in [-0.15, -0.1) is 0 Å². The minimum atomic E-state index is -1.08. The highest BCUT2D eigenvalue weighted by atomic mass is 16.6. The van der Waals surface area contributed by atoms with E-state index >= 15 is 0 Å². The number of nitriles is 1. The molecule has 1 unspecified atom stereocenters. The molecule has 9 heteroatoms. The standard InChI is InChI=1S/C11H10N4O5/c12-5-7-8(15(18)19)1-2-10(13-7)14-3-4-20-6-9(14)11(16)17/h1-2,9H,3-4,6H2,(H,16,17). The molecule has 20 heavy (non-hydrogen) atoms. The van der Waals surface area contributed by atoms with Gasteiger partial charge in [-0.25, -0.2) is 9.78 Å². The summed E-state index contributed by atoms with van der Waals surface area (Å²) in [6.45, 7) is 0.604. The van der Waals surface area contributed by atoms with E-state index in [9.17, 15) is 14.9 Å². The third kappa shape index (κ3) is 2.50. The van der Waals surface area contributed by atoms with Crippen molar-refractivity contribution in [2.45, 2.75) is 6.04 Å². The molecule has 0 amide bonds. The molecule has 1 saturated heterocycles. The van der Waals surface area contributed by atoms with Crippen molar-refractivity contribution in [3.8, 4) is 6.07 Å². The lowest BCUT2D eigenvalue weighted by Gasteiger charge is -2.33. The maximum Gasteiger partial charge on any atom is 0.328 e. The van der Waals surface area contributed by atoms with Gasteiger partial charge in [-0.05, 0) is 6.07 Å². The molecule has 2 heterocycles. The van der Waals surface area contributed by atoms with Crippen molar-refractivity contribution in [2.24, 2.45) is 0 Å². The molecular formula is C11H10N4O5. The van der Waals surface area contributed by atoms with Crippen LogP contribution in [0.2, 0.25) is 0 Å². The van der Waals surface area contributed by atoms with Crippen molar-refractivity contribution in [3.63, 3.8) is 0 Å². The van der Waals surface area contributed by atoms with E-state index in [0.717, 1.165) is 6.07 Å². The SMILES string of the molecule is N#Cc1nc(N2CCOCC2C(=O)O)ccc1[N+](=O)[O-]. The predicted octanol–water partition coefficient (Wildman–Crippen LogP) is 0.151. The van der Waals surface area contributed by atoms with Gasteiger partial charge < -0.3 is 14.7 Å². The van der Waals surface area contributed by atoms with E-state index in [1.165, 1.54) is 11.0 Å². The molecule has 0 aromatic carbocycles. The lowest BCUT2D eigenvalue weighted by Crippen LogP contribution is -2.50. The Morgan fingerprint density at radius 2 is 2.40 bits per heavy atom. The van der Waals surface area contributed by atoms with Crippen LogP contribution in [0.1, 0.15) is 5.69 Å². The van der Waals surface area contributed by atoms with Crippen LogP contribution in [-0.4, -0.2) is 46.8 Å².